The van der Waals surface area contributed by atoms with Crippen molar-refractivity contribution >= 4 is 28.4 Å². The van der Waals surface area contributed by atoms with Crippen LogP contribution in [-0.4, -0.2) is 19.7 Å². The van der Waals surface area contributed by atoms with Gasteiger partial charge in [-0.2, -0.15) is 0 Å². The highest BCUT2D eigenvalue weighted by atomic mass is 16.7. The molecule has 27 heavy (non-hydrogen) atoms. The Morgan fingerprint density at radius 3 is 1.59 bits per heavy atom. The predicted octanol–water partition coefficient (Wildman–Crippen LogP) is 3.19. The van der Waals surface area contributed by atoms with Gasteiger partial charge in [0, 0.05) is 11.3 Å². The molecule has 0 radical (unpaired) electrons. The number of nitro groups is 4. The van der Waals surface area contributed by atoms with E-state index in [9.17, 15) is 40.5 Å². The molecule has 140 valence electrons. The van der Waals surface area contributed by atoms with Crippen LogP contribution in [-0.2, 0) is 0 Å². The number of rotatable bonds is 5. The quantitative estimate of drug-likeness (QED) is 0.461. The van der Waals surface area contributed by atoms with Gasteiger partial charge >= 0.3 is 22.7 Å². The molecule has 0 spiro atoms. The summed E-state index contributed by atoms with van der Waals surface area (Å²) in [6.45, 7) is 2.52. The predicted molar refractivity (Wildman–Crippen MR) is 92.4 cm³/mol. The standard InChI is InChI=1S/C14H11N5O8/c1-6-8(4-3-5-9(6)15)10-7(2)11(16(20)21)13(18(24)25)14(19(26)27)12(10)17(22)23/h3-5H,15H2,1-2H3. The zero-order chi connectivity index (χ0) is 20.6. The second kappa shape index (κ2) is 6.62. The highest BCUT2D eigenvalue weighted by Crippen LogP contribution is 2.52. The Bertz CT molecular complexity index is 1030. The molecule has 13 nitrogen and oxygen atoms in total. The topological polar surface area (TPSA) is 199 Å². The summed E-state index contributed by atoms with van der Waals surface area (Å²) in [5.74, 6) is 0. The normalized spacial score (nSPS) is 10.4. The third kappa shape index (κ3) is 2.97. The minimum absolute atomic E-state index is 0.0281. The first-order valence-electron chi connectivity index (χ1n) is 7.14. The molecule has 0 amide bonds. The van der Waals surface area contributed by atoms with Crippen molar-refractivity contribution < 1.29 is 19.7 Å². The van der Waals surface area contributed by atoms with E-state index in [0.717, 1.165) is 6.92 Å². The second-order valence-electron chi connectivity index (χ2n) is 5.44. The van der Waals surface area contributed by atoms with Gasteiger partial charge in [0.25, 0.3) is 0 Å². The van der Waals surface area contributed by atoms with E-state index in [1.165, 1.54) is 25.1 Å². The Morgan fingerprint density at radius 2 is 1.15 bits per heavy atom. The van der Waals surface area contributed by atoms with E-state index in [2.05, 4.69) is 0 Å². The third-order valence-corrected chi connectivity index (χ3v) is 4.02. The van der Waals surface area contributed by atoms with Crippen LogP contribution in [0.1, 0.15) is 11.1 Å². The second-order valence-corrected chi connectivity index (χ2v) is 5.44. The van der Waals surface area contributed by atoms with Gasteiger partial charge in [-0.15, -0.1) is 0 Å². The van der Waals surface area contributed by atoms with E-state index < -0.39 is 53.6 Å². The SMILES string of the molecule is Cc1c(N)cccc1-c1c(C)c([N+](=O)[O-])c([N+](=O)[O-])c([N+](=O)[O-])c1[N+](=O)[O-]. The van der Waals surface area contributed by atoms with Crippen LogP contribution in [0, 0.1) is 54.3 Å². The first-order valence-corrected chi connectivity index (χ1v) is 7.14. The molecule has 0 heterocycles. The fourth-order valence-electron chi connectivity index (χ4n) is 2.82. The van der Waals surface area contributed by atoms with Gasteiger partial charge in [0.2, 0.25) is 0 Å². The first-order chi connectivity index (χ1) is 12.5. The zero-order valence-electron chi connectivity index (χ0n) is 13.9. The van der Waals surface area contributed by atoms with Crippen molar-refractivity contribution in [3.05, 3.63) is 69.8 Å². The molecule has 13 heteroatoms. The largest absolute Gasteiger partial charge is 0.430 e. The molecule has 0 bridgehead atoms. The molecule has 0 fully saturated rings. The summed E-state index contributed by atoms with van der Waals surface area (Å²) in [6.07, 6.45) is 0. The molecule has 0 aromatic heterocycles. The monoisotopic (exact) mass is 377 g/mol. The summed E-state index contributed by atoms with van der Waals surface area (Å²) in [5.41, 5.74) is -0.146. The number of hydrogen-bond acceptors (Lipinski definition) is 9. The van der Waals surface area contributed by atoms with E-state index in [1.807, 2.05) is 0 Å². The maximum atomic E-state index is 11.6. The highest BCUT2D eigenvalue weighted by Gasteiger charge is 2.49. The highest BCUT2D eigenvalue weighted by molar-refractivity contribution is 5.93. The Balaban J connectivity index is 3.25. The molecule has 0 saturated carbocycles. The Hall–Kier alpha value is -4.16. The molecule has 2 aromatic rings. The molecule has 0 saturated heterocycles. The Morgan fingerprint density at radius 1 is 0.704 bits per heavy atom. The van der Waals surface area contributed by atoms with Gasteiger partial charge in [-0.1, -0.05) is 12.1 Å². The number of hydrogen-bond donors (Lipinski definition) is 1. The molecule has 2 rings (SSSR count). The maximum Gasteiger partial charge on any atom is 0.430 e. The van der Waals surface area contributed by atoms with Crippen LogP contribution in [0.3, 0.4) is 0 Å². The fraction of sp³-hybridized carbons (Fsp3) is 0.143. The van der Waals surface area contributed by atoms with Crippen LogP contribution in [0.4, 0.5) is 28.4 Å². The number of anilines is 1. The summed E-state index contributed by atoms with van der Waals surface area (Å²) < 4.78 is 0. The molecule has 0 atom stereocenters. The minimum Gasteiger partial charge on any atom is -0.398 e. The summed E-state index contributed by atoms with van der Waals surface area (Å²) in [5, 5.41) is 45.7. The van der Waals surface area contributed by atoms with Crippen molar-refractivity contribution in [3.63, 3.8) is 0 Å². The number of nitrogens with zero attached hydrogens (tertiary/aromatic N) is 4. The smallest absolute Gasteiger partial charge is 0.398 e. The van der Waals surface area contributed by atoms with Crippen LogP contribution in [0.5, 0.6) is 0 Å². The number of nitro benzene ring substituents is 4. The molecule has 0 aliphatic carbocycles. The number of nitrogen functional groups attached to an aromatic ring is 1. The third-order valence-electron chi connectivity index (χ3n) is 4.02. The van der Waals surface area contributed by atoms with Crippen LogP contribution < -0.4 is 5.73 Å². The summed E-state index contributed by atoms with van der Waals surface area (Å²) in [6, 6.07) is 4.20. The molecule has 0 unspecified atom stereocenters. The van der Waals surface area contributed by atoms with Gasteiger partial charge in [0.05, 0.1) is 25.3 Å². The van der Waals surface area contributed by atoms with Crippen molar-refractivity contribution in [2.45, 2.75) is 13.8 Å². The van der Waals surface area contributed by atoms with Gasteiger partial charge in [-0.3, -0.25) is 40.5 Å². The van der Waals surface area contributed by atoms with Crippen molar-refractivity contribution in [1.29, 1.82) is 0 Å². The summed E-state index contributed by atoms with van der Waals surface area (Å²) >= 11 is 0. The maximum absolute atomic E-state index is 11.6. The van der Waals surface area contributed by atoms with Crippen LogP contribution in [0.15, 0.2) is 18.2 Å². The zero-order valence-corrected chi connectivity index (χ0v) is 13.9. The van der Waals surface area contributed by atoms with Crippen molar-refractivity contribution in [2.24, 2.45) is 0 Å². The van der Waals surface area contributed by atoms with Gasteiger partial charge < -0.3 is 5.73 Å². The van der Waals surface area contributed by atoms with E-state index in [-0.39, 0.29) is 16.8 Å². The average molecular weight is 377 g/mol. The Labute approximate surface area is 149 Å². The van der Waals surface area contributed by atoms with Crippen molar-refractivity contribution in [2.75, 3.05) is 5.73 Å². The number of benzene rings is 2. The lowest BCUT2D eigenvalue weighted by Gasteiger charge is -2.12. The first kappa shape index (κ1) is 19.2. The molecule has 0 aliphatic rings. The molecular formula is C14H11N5O8. The minimum atomic E-state index is -1.56. The van der Waals surface area contributed by atoms with Crippen molar-refractivity contribution in [1.82, 2.24) is 0 Å². The van der Waals surface area contributed by atoms with E-state index in [1.54, 1.807) is 0 Å². The molecular weight excluding hydrogens is 366 g/mol. The van der Waals surface area contributed by atoms with Gasteiger partial charge in [0.1, 0.15) is 0 Å². The van der Waals surface area contributed by atoms with Crippen molar-refractivity contribution in [3.8, 4) is 11.1 Å². The molecule has 0 aliphatic heterocycles. The van der Waals surface area contributed by atoms with Crippen LogP contribution >= 0.6 is 0 Å². The fourth-order valence-corrected chi connectivity index (χ4v) is 2.82. The van der Waals surface area contributed by atoms with E-state index in [4.69, 9.17) is 5.73 Å². The van der Waals surface area contributed by atoms with Gasteiger partial charge in [-0.05, 0) is 31.0 Å². The number of nitrogens with two attached hydrogens (primary N) is 1. The van der Waals surface area contributed by atoms with Gasteiger partial charge in [-0.25, -0.2) is 0 Å². The summed E-state index contributed by atoms with van der Waals surface area (Å²) in [7, 11) is 0. The van der Waals surface area contributed by atoms with E-state index in [0.29, 0.717) is 0 Å². The molecule has 2 N–H and O–H groups in total. The average Bonchev–Trinajstić information content (AvgIpc) is 2.55. The van der Waals surface area contributed by atoms with E-state index >= 15 is 0 Å². The lowest BCUT2D eigenvalue weighted by Crippen LogP contribution is -2.09. The van der Waals surface area contributed by atoms with Crippen LogP contribution in [0.2, 0.25) is 0 Å². The van der Waals surface area contributed by atoms with Gasteiger partial charge in [0.15, 0.2) is 0 Å². The Kier molecular flexibility index (Phi) is 4.70. The van der Waals surface area contributed by atoms with Crippen LogP contribution in [0.25, 0.3) is 11.1 Å². The molecule has 2 aromatic carbocycles. The lowest BCUT2D eigenvalue weighted by atomic mass is 9.91. The summed E-state index contributed by atoms with van der Waals surface area (Å²) in [4.78, 5) is 40.7. The lowest BCUT2D eigenvalue weighted by molar-refractivity contribution is -0.451.